The zero-order chi connectivity index (χ0) is 16.7. The van der Waals surface area contributed by atoms with Gasteiger partial charge in [-0.25, -0.2) is 0 Å². The molecule has 2 atom stereocenters. The average molecular weight is 320 g/mol. The number of hydrogen-bond donors (Lipinski definition) is 2. The smallest absolute Gasteiger partial charge is 0.323 e. The zero-order valence-corrected chi connectivity index (χ0v) is 13.8. The molecule has 0 fully saturated rings. The van der Waals surface area contributed by atoms with Crippen molar-refractivity contribution in [2.24, 2.45) is 0 Å². The van der Waals surface area contributed by atoms with E-state index < -0.39 is 0 Å². The Bertz CT molecular complexity index is 896. The third-order valence-corrected chi connectivity index (χ3v) is 4.81. The predicted molar refractivity (Wildman–Crippen MR) is 94.0 cm³/mol. The third kappa shape index (κ3) is 2.39. The van der Waals surface area contributed by atoms with E-state index in [1.807, 2.05) is 12.1 Å². The van der Waals surface area contributed by atoms with Crippen LogP contribution in [0, 0.1) is 6.92 Å². The third-order valence-electron chi connectivity index (χ3n) is 4.81. The standard InChI is InChI=1S/C20H20N2O2/c1-12-7-9-13(10-8-12)18-19-15(11-17(22-18)20(23)24-2)14-5-3-4-6-16(14)21-19/h3-10,17-18,21-22H,11H2,1-2H3/t17-,18-/m0/s1. The molecule has 2 aromatic carbocycles. The van der Waals surface area contributed by atoms with Gasteiger partial charge in [0.15, 0.2) is 0 Å². The van der Waals surface area contributed by atoms with E-state index in [1.165, 1.54) is 23.6 Å². The lowest BCUT2D eigenvalue weighted by Crippen LogP contribution is -2.45. The molecule has 4 nitrogen and oxygen atoms in total. The first-order valence-electron chi connectivity index (χ1n) is 8.17. The highest BCUT2D eigenvalue weighted by Gasteiger charge is 2.34. The Morgan fingerprint density at radius 3 is 2.62 bits per heavy atom. The predicted octanol–water partition coefficient (Wildman–Crippen LogP) is 3.25. The molecule has 2 N–H and O–H groups in total. The van der Waals surface area contributed by atoms with Gasteiger partial charge in [-0.05, 0) is 24.1 Å². The highest BCUT2D eigenvalue weighted by Crippen LogP contribution is 2.35. The number of carbonyl (C=O) groups is 1. The van der Waals surface area contributed by atoms with E-state index in [2.05, 4.69) is 53.6 Å². The van der Waals surface area contributed by atoms with Gasteiger partial charge in [-0.3, -0.25) is 10.1 Å². The molecule has 0 spiro atoms. The highest BCUT2D eigenvalue weighted by molar-refractivity contribution is 5.87. The summed E-state index contributed by atoms with van der Waals surface area (Å²) in [6.45, 7) is 2.07. The van der Waals surface area contributed by atoms with Gasteiger partial charge in [0.05, 0.1) is 13.2 Å². The molecule has 0 saturated carbocycles. The quantitative estimate of drug-likeness (QED) is 0.713. The van der Waals surface area contributed by atoms with Crippen molar-refractivity contribution in [3.8, 4) is 0 Å². The molecule has 122 valence electrons. The first-order chi connectivity index (χ1) is 11.7. The van der Waals surface area contributed by atoms with Crippen LogP contribution in [0.15, 0.2) is 48.5 Å². The molecule has 0 saturated heterocycles. The Morgan fingerprint density at radius 1 is 1.12 bits per heavy atom. The molecule has 4 heteroatoms. The molecule has 4 rings (SSSR count). The van der Waals surface area contributed by atoms with Gasteiger partial charge in [-0.15, -0.1) is 0 Å². The molecular formula is C20H20N2O2. The maximum atomic E-state index is 12.2. The molecule has 1 aliphatic heterocycles. The van der Waals surface area contributed by atoms with Gasteiger partial charge in [0.2, 0.25) is 0 Å². The summed E-state index contributed by atoms with van der Waals surface area (Å²) in [6, 6.07) is 16.3. The fourth-order valence-corrected chi connectivity index (χ4v) is 3.55. The maximum Gasteiger partial charge on any atom is 0.323 e. The number of benzene rings is 2. The maximum absolute atomic E-state index is 12.2. The Labute approximate surface area is 140 Å². The van der Waals surface area contributed by atoms with Crippen LogP contribution in [-0.4, -0.2) is 24.1 Å². The second-order valence-electron chi connectivity index (χ2n) is 6.35. The fourth-order valence-electron chi connectivity index (χ4n) is 3.55. The molecule has 0 radical (unpaired) electrons. The van der Waals surface area contributed by atoms with Gasteiger partial charge in [-0.1, -0.05) is 48.0 Å². The van der Waals surface area contributed by atoms with Crippen molar-refractivity contribution in [2.45, 2.75) is 25.4 Å². The second kappa shape index (κ2) is 5.80. The van der Waals surface area contributed by atoms with Gasteiger partial charge in [0.1, 0.15) is 6.04 Å². The Hall–Kier alpha value is -2.59. The minimum Gasteiger partial charge on any atom is -0.468 e. The van der Waals surface area contributed by atoms with Crippen molar-refractivity contribution in [2.75, 3.05) is 7.11 Å². The lowest BCUT2D eigenvalue weighted by molar-refractivity contribution is -0.143. The molecule has 0 unspecified atom stereocenters. The first kappa shape index (κ1) is 15.0. The van der Waals surface area contributed by atoms with Crippen LogP contribution in [-0.2, 0) is 16.0 Å². The second-order valence-corrected chi connectivity index (χ2v) is 6.35. The SMILES string of the molecule is COC(=O)[C@@H]1Cc2c([nH]c3ccccc23)[C@H](c2ccc(C)cc2)N1. The summed E-state index contributed by atoms with van der Waals surface area (Å²) in [7, 11) is 1.44. The normalized spacial score (nSPS) is 19.9. The highest BCUT2D eigenvalue weighted by atomic mass is 16.5. The number of esters is 1. The van der Waals surface area contributed by atoms with E-state index in [-0.39, 0.29) is 18.1 Å². The molecule has 0 aliphatic carbocycles. The first-order valence-corrected chi connectivity index (χ1v) is 8.17. The van der Waals surface area contributed by atoms with Crippen molar-refractivity contribution in [3.63, 3.8) is 0 Å². The molecule has 0 amide bonds. The van der Waals surface area contributed by atoms with Gasteiger partial charge in [0.25, 0.3) is 0 Å². The van der Waals surface area contributed by atoms with Crippen LogP contribution in [0.25, 0.3) is 10.9 Å². The molecule has 0 bridgehead atoms. The minimum absolute atomic E-state index is 0.0501. The molecule has 2 heterocycles. The number of aryl methyl sites for hydroxylation is 1. The number of methoxy groups -OCH3 is 1. The van der Waals surface area contributed by atoms with E-state index in [0.717, 1.165) is 16.8 Å². The summed E-state index contributed by atoms with van der Waals surface area (Å²) in [5.41, 5.74) is 5.80. The lowest BCUT2D eigenvalue weighted by atomic mass is 9.90. The molecule has 24 heavy (non-hydrogen) atoms. The van der Waals surface area contributed by atoms with Crippen molar-refractivity contribution >= 4 is 16.9 Å². The van der Waals surface area contributed by atoms with Gasteiger partial charge < -0.3 is 9.72 Å². The number of aromatic nitrogens is 1. The van der Waals surface area contributed by atoms with Crippen molar-refractivity contribution in [1.82, 2.24) is 10.3 Å². The lowest BCUT2D eigenvalue weighted by Gasteiger charge is -2.30. The van der Waals surface area contributed by atoms with Crippen molar-refractivity contribution in [3.05, 3.63) is 70.9 Å². The number of fused-ring (bicyclic) bond motifs is 3. The van der Waals surface area contributed by atoms with Crippen LogP contribution < -0.4 is 5.32 Å². The molecule has 1 aromatic heterocycles. The summed E-state index contributed by atoms with van der Waals surface area (Å²) in [5, 5.41) is 4.63. The van der Waals surface area contributed by atoms with Crippen molar-refractivity contribution in [1.29, 1.82) is 0 Å². The number of aromatic amines is 1. The average Bonchev–Trinajstić information content (AvgIpc) is 2.99. The number of rotatable bonds is 2. The van der Waals surface area contributed by atoms with Gasteiger partial charge in [-0.2, -0.15) is 0 Å². The largest absolute Gasteiger partial charge is 0.468 e. The summed E-state index contributed by atoms with van der Waals surface area (Å²) in [5.74, 6) is -0.219. The summed E-state index contributed by atoms with van der Waals surface area (Å²) in [6.07, 6.45) is 0.633. The summed E-state index contributed by atoms with van der Waals surface area (Å²) < 4.78 is 4.99. The van der Waals surface area contributed by atoms with E-state index in [9.17, 15) is 4.79 Å². The number of ether oxygens (including phenoxy) is 1. The number of nitrogens with one attached hydrogen (secondary N) is 2. The van der Waals surface area contributed by atoms with Crippen LogP contribution in [0.3, 0.4) is 0 Å². The monoisotopic (exact) mass is 320 g/mol. The molecular weight excluding hydrogens is 300 g/mol. The summed E-state index contributed by atoms with van der Waals surface area (Å²) in [4.78, 5) is 15.7. The molecule has 3 aromatic rings. The molecule has 1 aliphatic rings. The Balaban J connectivity index is 1.86. The van der Waals surface area contributed by atoms with E-state index >= 15 is 0 Å². The van der Waals surface area contributed by atoms with Crippen LogP contribution in [0.5, 0.6) is 0 Å². The minimum atomic E-state index is -0.340. The van der Waals surface area contributed by atoms with Gasteiger partial charge in [0, 0.05) is 23.0 Å². The van der Waals surface area contributed by atoms with Gasteiger partial charge >= 0.3 is 5.97 Å². The van der Waals surface area contributed by atoms with Crippen LogP contribution in [0.2, 0.25) is 0 Å². The number of hydrogen-bond acceptors (Lipinski definition) is 3. The van der Waals surface area contributed by atoms with Crippen LogP contribution in [0.1, 0.15) is 28.4 Å². The number of para-hydroxylation sites is 1. The van der Waals surface area contributed by atoms with E-state index in [1.54, 1.807) is 0 Å². The van der Waals surface area contributed by atoms with Crippen LogP contribution >= 0.6 is 0 Å². The number of carbonyl (C=O) groups excluding carboxylic acids is 1. The fraction of sp³-hybridized carbons (Fsp3) is 0.250. The van der Waals surface area contributed by atoms with E-state index in [4.69, 9.17) is 4.74 Å². The number of H-pyrrole nitrogens is 1. The Kier molecular flexibility index (Phi) is 3.62. The van der Waals surface area contributed by atoms with Crippen LogP contribution in [0.4, 0.5) is 0 Å². The zero-order valence-electron chi connectivity index (χ0n) is 13.8. The summed E-state index contributed by atoms with van der Waals surface area (Å²) >= 11 is 0. The topological polar surface area (TPSA) is 54.1 Å². The Morgan fingerprint density at radius 2 is 1.88 bits per heavy atom. The van der Waals surface area contributed by atoms with E-state index in [0.29, 0.717) is 6.42 Å². The van der Waals surface area contributed by atoms with Crippen molar-refractivity contribution < 1.29 is 9.53 Å².